The first-order valence-corrected chi connectivity index (χ1v) is 10.5. The molecule has 1 aliphatic carbocycles. The molecule has 1 aliphatic rings. The summed E-state index contributed by atoms with van der Waals surface area (Å²) in [6.45, 7) is -0.162. The number of carbonyl (C=O) groups is 2. The molecule has 0 bridgehead atoms. The summed E-state index contributed by atoms with van der Waals surface area (Å²) >= 11 is 1.45. The number of hydrogen-bond acceptors (Lipinski definition) is 6. The van der Waals surface area contributed by atoms with Crippen LogP contribution >= 0.6 is 11.3 Å². The van der Waals surface area contributed by atoms with E-state index < -0.39 is 5.97 Å². The highest BCUT2D eigenvalue weighted by molar-refractivity contribution is 7.17. The third-order valence-corrected chi connectivity index (χ3v) is 6.49. The van der Waals surface area contributed by atoms with Crippen molar-refractivity contribution in [3.05, 3.63) is 58.5 Å². The summed E-state index contributed by atoms with van der Waals surface area (Å²) in [5.74, 6) is -0.161. The summed E-state index contributed by atoms with van der Waals surface area (Å²) in [5.41, 5.74) is 3.06. The summed E-state index contributed by atoms with van der Waals surface area (Å²) in [5, 5.41) is 5.30. The fourth-order valence-electron chi connectivity index (χ4n) is 3.92. The molecule has 2 aromatic heterocycles. The van der Waals surface area contributed by atoms with Crippen LogP contribution in [0, 0.1) is 0 Å². The van der Waals surface area contributed by atoms with Crippen LogP contribution in [0.4, 0.5) is 5.00 Å². The van der Waals surface area contributed by atoms with Crippen LogP contribution in [-0.2, 0) is 22.4 Å². The zero-order valence-electron chi connectivity index (χ0n) is 16.3. The molecule has 30 heavy (non-hydrogen) atoms. The van der Waals surface area contributed by atoms with Gasteiger partial charge in [-0.15, -0.1) is 11.3 Å². The molecular weight excluding hydrogens is 402 g/mol. The molecule has 152 valence electrons. The monoisotopic (exact) mass is 421 g/mol. The highest BCUT2D eigenvalue weighted by Crippen LogP contribution is 2.39. The van der Waals surface area contributed by atoms with Gasteiger partial charge in [0.2, 0.25) is 0 Å². The van der Waals surface area contributed by atoms with E-state index in [4.69, 9.17) is 13.9 Å². The number of fused-ring (bicyclic) bond motifs is 4. The minimum atomic E-state index is -0.414. The Labute approximate surface area is 176 Å². The first-order valence-electron chi connectivity index (χ1n) is 9.71. The number of hydrogen-bond donors (Lipinski definition) is 1. The van der Waals surface area contributed by atoms with E-state index in [2.05, 4.69) is 5.32 Å². The van der Waals surface area contributed by atoms with Gasteiger partial charge in [-0.05, 0) is 49.1 Å². The number of amides is 1. The summed E-state index contributed by atoms with van der Waals surface area (Å²) in [4.78, 5) is 25.9. The molecule has 4 aromatic rings. The molecule has 5 rings (SSSR count). The second-order valence-electron chi connectivity index (χ2n) is 7.15. The molecule has 0 atom stereocenters. The van der Waals surface area contributed by atoms with Crippen LogP contribution in [0.1, 0.15) is 27.2 Å². The van der Waals surface area contributed by atoms with E-state index in [0.29, 0.717) is 16.3 Å². The average molecular weight is 421 g/mol. The third kappa shape index (κ3) is 3.21. The Hall–Kier alpha value is -3.32. The molecule has 1 amide bonds. The summed E-state index contributed by atoms with van der Waals surface area (Å²) in [6.07, 6.45) is 2.78. The number of carbonyl (C=O) groups excluding carboxylic acids is 2. The van der Waals surface area contributed by atoms with Crippen LogP contribution in [0.2, 0.25) is 0 Å². The van der Waals surface area contributed by atoms with E-state index in [0.717, 1.165) is 51.6 Å². The maximum absolute atomic E-state index is 12.5. The van der Waals surface area contributed by atoms with Crippen molar-refractivity contribution >= 4 is 50.2 Å². The van der Waals surface area contributed by atoms with Crippen LogP contribution in [0.5, 0.6) is 5.75 Å². The summed E-state index contributed by atoms with van der Waals surface area (Å²) in [7, 11) is 1.35. The van der Waals surface area contributed by atoms with Crippen LogP contribution in [-0.4, -0.2) is 25.6 Å². The minimum Gasteiger partial charge on any atom is -0.484 e. The smallest absolute Gasteiger partial charge is 0.341 e. The molecule has 2 heterocycles. The lowest BCUT2D eigenvalue weighted by Crippen LogP contribution is -2.21. The predicted molar refractivity (Wildman–Crippen MR) is 116 cm³/mol. The topological polar surface area (TPSA) is 77.8 Å². The van der Waals surface area contributed by atoms with Crippen molar-refractivity contribution in [2.75, 3.05) is 19.0 Å². The van der Waals surface area contributed by atoms with Crippen LogP contribution in [0.15, 0.2) is 46.9 Å². The number of aryl methyl sites for hydroxylation is 1. The molecule has 0 saturated carbocycles. The molecular formula is C23H19NO5S. The van der Waals surface area contributed by atoms with Gasteiger partial charge in [-0.25, -0.2) is 4.79 Å². The molecule has 0 spiro atoms. The average Bonchev–Trinajstić information content (AvgIpc) is 3.44. The fourth-order valence-corrected chi connectivity index (χ4v) is 5.21. The summed E-state index contributed by atoms with van der Waals surface area (Å²) < 4.78 is 16.4. The number of anilines is 1. The predicted octanol–water partition coefficient (Wildman–Crippen LogP) is 4.94. The van der Waals surface area contributed by atoms with E-state index in [1.54, 1.807) is 6.07 Å². The molecule has 7 heteroatoms. The lowest BCUT2D eigenvalue weighted by atomic mass is 10.1. The Bertz CT molecular complexity index is 1290. The van der Waals surface area contributed by atoms with Gasteiger partial charge in [0.25, 0.3) is 5.91 Å². The highest BCUT2D eigenvalue weighted by Gasteiger charge is 2.28. The first-order chi connectivity index (χ1) is 14.6. The second-order valence-corrected chi connectivity index (χ2v) is 8.25. The molecule has 0 aliphatic heterocycles. The van der Waals surface area contributed by atoms with Crippen molar-refractivity contribution in [2.24, 2.45) is 0 Å². The van der Waals surface area contributed by atoms with E-state index in [1.807, 2.05) is 36.4 Å². The Morgan fingerprint density at radius 1 is 1.10 bits per heavy atom. The SMILES string of the molecule is COC(=O)c1c(NC(=O)COc2ccc3oc4ccccc4c3c2)sc2c1CCC2. The molecule has 2 aromatic carbocycles. The zero-order valence-corrected chi connectivity index (χ0v) is 17.1. The van der Waals surface area contributed by atoms with Crippen LogP contribution in [0.25, 0.3) is 21.9 Å². The number of ether oxygens (including phenoxy) is 2. The van der Waals surface area contributed by atoms with Gasteiger partial charge in [0.15, 0.2) is 6.61 Å². The van der Waals surface area contributed by atoms with Gasteiger partial charge in [-0.2, -0.15) is 0 Å². The van der Waals surface area contributed by atoms with Gasteiger partial charge in [0.05, 0.1) is 12.7 Å². The minimum absolute atomic E-state index is 0.162. The van der Waals surface area contributed by atoms with Crippen molar-refractivity contribution in [3.8, 4) is 5.75 Å². The number of esters is 1. The van der Waals surface area contributed by atoms with E-state index in [-0.39, 0.29) is 12.5 Å². The number of furan rings is 1. The number of thiophene rings is 1. The van der Waals surface area contributed by atoms with E-state index >= 15 is 0 Å². The number of para-hydroxylation sites is 1. The molecule has 6 nitrogen and oxygen atoms in total. The quantitative estimate of drug-likeness (QED) is 0.462. The van der Waals surface area contributed by atoms with E-state index in [1.165, 1.54) is 18.4 Å². The van der Waals surface area contributed by atoms with Crippen molar-refractivity contribution in [2.45, 2.75) is 19.3 Å². The van der Waals surface area contributed by atoms with Gasteiger partial charge in [0.1, 0.15) is 21.9 Å². The van der Waals surface area contributed by atoms with Crippen molar-refractivity contribution in [3.63, 3.8) is 0 Å². The Balaban J connectivity index is 1.32. The molecule has 1 N–H and O–H groups in total. The number of rotatable bonds is 5. The number of nitrogens with one attached hydrogen (secondary N) is 1. The van der Waals surface area contributed by atoms with Crippen LogP contribution in [0.3, 0.4) is 0 Å². The lowest BCUT2D eigenvalue weighted by molar-refractivity contribution is -0.118. The maximum Gasteiger partial charge on any atom is 0.341 e. The molecule has 0 radical (unpaired) electrons. The lowest BCUT2D eigenvalue weighted by Gasteiger charge is -2.08. The highest BCUT2D eigenvalue weighted by atomic mass is 32.1. The standard InChI is InChI=1S/C23H19NO5S/c1-27-23(26)21-15-6-4-8-19(15)30-22(21)24-20(25)12-28-13-9-10-18-16(11-13)14-5-2-3-7-17(14)29-18/h2-3,5,7,9-11H,4,6,8,12H2,1H3,(H,24,25). The fraction of sp³-hybridized carbons (Fsp3) is 0.217. The first kappa shape index (κ1) is 18.7. The van der Waals surface area contributed by atoms with Crippen molar-refractivity contribution in [1.82, 2.24) is 0 Å². The van der Waals surface area contributed by atoms with Gasteiger partial charge in [0, 0.05) is 15.6 Å². The van der Waals surface area contributed by atoms with Gasteiger partial charge < -0.3 is 19.2 Å². The van der Waals surface area contributed by atoms with Crippen LogP contribution < -0.4 is 10.1 Å². The number of methoxy groups -OCH3 is 1. The number of benzene rings is 2. The molecule has 0 fully saturated rings. The van der Waals surface area contributed by atoms with Crippen molar-refractivity contribution < 1.29 is 23.5 Å². The van der Waals surface area contributed by atoms with Gasteiger partial charge in [-0.1, -0.05) is 18.2 Å². The normalized spacial score (nSPS) is 12.8. The maximum atomic E-state index is 12.5. The van der Waals surface area contributed by atoms with Gasteiger partial charge in [-0.3, -0.25) is 4.79 Å². The second kappa shape index (κ2) is 7.50. The third-order valence-electron chi connectivity index (χ3n) is 5.28. The Morgan fingerprint density at radius 3 is 2.80 bits per heavy atom. The Morgan fingerprint density at radius 2 is 1.93 bits per heavy atom. The molecule has 0 unspecified atom stereocenters. The molecule has 0 saturated heterocycles. The zero-order chi connectivity index (χ0) is 20.7. The largest absolute Gasteiger partial charge is 0.484 e. The van der Waals surface area contributed by atoms with E-state index in [9.17, 15) is 9.59 Å². The van der Waals surface area contributed by atoms with Crippen molar-refractivity contribution in [1.29, 1.82) is 0 Å². The summed E-state index contributed by atoms with van der Waals surface area (Å²) in [6, 6.07) is 13.3. The Kier molecular flexibility index (Phi) is 4.67. The van der Waals surface area contributed by atoms with Gasteiger partial charge >= 0.3 is 5.97 Å².